The average Bonchev–Trinajstić information content (AvgIpc) is 3.13. The molecule has 0 saturated heterocycles. The fraction of sp³-hybridized carbons (Fsp3) is 0.222. The first-order valence-electron chi connectivity index (χ1n) is 7.77. The first kappa shape index (κ1) is 14.4. The molecule has 0 bridgehead atoms. The highest BCUT2D eigenvalue weighted by Crippen LogP contribution is 2.35. The zero-order valence-corrected chi connectivity index (χ0v) is 13.4. The van der Waals surface area contributed by atoms with Gasteiger partial charge in [0, 0.05) is 17.9 Å². The highest BCUT2D eigenvalue weighted by Gasteiger charge is 2.33. The van der Waals surface area contributed by atoms with Crippen LogP contribution in [0.25, 0.3) is 5.65 Å². The molecule has 3 heterocycles. The van der Waals surface area contributed by atoms with Crippen LogP contribution < -0.4 is 4.90 Å². The maximum absolute atomic E-state index is 13.1. The monoisotopic (exact) mass is 317 g/mol. The molecule has 2 aromatic heterocycles. The summed E-state index contributed by atoms with van der Waals surface area (Å²) in [6.45, 7) is 3.85. The molecule has 0 N–H and O–H groups in total. The van der Waals surface area contributed by atoms with E-state index >= 15 is 0 Å². The summed E-state index contributed by atoms with van der Waals surface area (Å²) in [7, 11) is 0. The standard InChI is InChI=1S/C18H15N5O/c1-11-8-15-13(9-19)4-3-5-16(15)23(11)18(24)14-6-7-17-21-20-12(2)22(17)10-14/h3-7,10-11H,8H2,1-2H3. The van der Waals surface area contributed by atoms with E-state index in [-0.39, 0.29) is 11.9 Å². The van der Waals surface area contributed by atoms with E-state index in [9.17, 15) is 10.1 Å². The lowest BCUT2D eigenvalue weighted by Gasteiger charge is -2.22. The number of hydrogen-bond donors (Lipinski definition) is 0. The first-order valence-corrected chi connectivity index (χ1v) is 7.77. The molecule has 1 amide bonds. The van der Waals surface area contributed by atoms with E-state index < -0.39 is 0 Å². The van der Waals surface area contributed by atoms with Gasteiger partial charge in [-0.1, -0.05) is 6.07 Å². The van der Waals surface area contributed by atoms with Crippen LogP contribution in [0.1, 0.15) is 34.2 Å². The zero-order valence-electron chi connectivity index (χ0n) is 13.4. The number of carbonyl (C=O) groups is 1. The Morgan fingerprint density at radius 3 is 2.92 bits per heavy atom. The molecule has 118 valence electrons. The summed E-state index contributed by atoms with van der Waals surface area (Å²) >= 11 is 0. The van der Waals surface area contributed by atoms with Crippen molar-refractivity contribution in [2.75, 3.05) is 4.90 Å². The molecule has 6 nitrogen and oxygen atoms in total. The molecule has 0 spiro atoms. The Kier molecular flexibility index (Phi) is 3.10. The van der Waals surface area contributed by atoms with Crippen molar-refractivity contribution >= 4 is 17.2 Å². The molecule has 1 unspecified atom stereocenters. The van der Waals surface area contributed by atoms with Gasteiger partial charge < -0.3 is 4.90 Å². The number of aryl methyl sites for hydroxylation is 1. The van der Waals surface area contributed by atoms with Gasteiger partial charge in [0.25, 0.3) is 5.91 Å². The third-order valence-corrected chi connectivity index (χ3v) is 4.51. The summed E-state index contributed by atoms with van der Waals surface area (Å²) in [5.41, 5.74) is 3.70. The van der Waals surface area contributed by atoms with Crippen molar-refractivity contribution in [1.82, 2.24) is 14.6 Å². The minimum Gasteiger partial charge on any atom is -0.305 e. The molecule has 1 aliphatic rings. The number of nitriles is 1. The van der Waals surface area contributed by atoms with Gasteiger partial charge in [0.2, 0.25) is 0 Å². The van der Waals surface area contributed by atoms with E-state index in [1.807, 2.05) is 26.0 Å². The first-order chi connectivity index (χ1) is 11.6. The average molecular weight is 317 g/mol. The van der Waals surface area contributed by atoms with Gasteiger partial charge in [0.05, 0.1) is 17.2 Å². The molecule has 0 radical (unpaired) electrons. The maximum atomic E-state index is 13.1. The smallest absolute Gasteiger partial charge is 0.260 e. The summed E-state index contributed by atoms with van der Waals surface area (Å²) in [4.78, 5) is 14.9. The molecule has 4 rings (SSSR count). The second kappa shape index (κ2) is 5.17. The fourth-order valence-electron chi connectivity index (χ4n) is 3.32. The number of amides is 1. The van der Waals surface area contributed by atoms with Crippen LogP contribution in [0.2, 0.25) is 0 Å². The number of anilines is 1. The highest BCUT2D eigenvalue weighted by atomic mass is 16.2. The molecule has 1 aromatic carbocycles. The van der Waals surface area contributed by atoms with Crippen LogP contribution in [0.3, 0.4) is 0 Å². The Bertz CT molecular complexity index is 1010. The fourth-order valence-corrected chi connectivity index (χ4v) is 3.32. The molecule has 0 saturated carbocycles. The molecule has 0 fully saturated rings. The van der Waals surface area contributed by atoms with Crippen LogP contribution in [-0.2, 0) is 6.42 Å². The molecular weight excluding hydrogens is 302 g/mol. The van der Waals surface area contributed by atoms with Gasteiger partial charge in [-0.2, -0.15) is 5.26 Å². The van der Waals surface area contributed by atoms with Crippen LogP contribution in [-0.4, -0.2) is 26.5 Å². The summed E-state index contributed by atoms with van der Waals surface area (Å²) in [6.07, 6.45) is 2.46. The Morgan fingerprint density at radius 1 is 1.29 bits per heavy atom. The predicted octanol–water partition coefficient (Wildman–Crippen LogP) is 2.50. The second-order valence-corrected chi connectivity index (χ2v) is 6.04. The van der Waals surface area contributed by atoms with Gasteiger partial charge in [-0.15, -0.1) is 10.2 Å². The minimum absolute atomic E-state index is 0.0136. The van der Waals surface area contributed by atoms with Crippen molar-refractivity contribution in [1.29, 1.82) is 5.26 Å². The van der Waals surface area contributed by atoms with Crippen molar-refractivity contribution in [3.63, 3.8) is 0 Å². The predicted molar refractivity (Wildman–Crippen MR) is 88.9 cm³/mol. The van der Waals surface area contributed by atoms with Crippen molar-refractivity contribution in [2.24, 2.45) is 0 Å². The topological polar surface area (TPSA) is 74.3 Å². The number of benzene rings is 1. The number of nitrogens with zero attached hydrogens (tertiary/aromatic N) is 5. The Hall–Kier alpha value is -3.20. The van der Waals surface area contributed by atoms with Gasteiger partial charge >= 0.3 is 0 Å². The Labute approximate surface area is 139 Å². The molecule has 1 aliphatic heterocycles. The number of fused-ring (bicyclic) bond motifs is 2. The second-order valence-electron chi connectivity index (χ2n) is 6.04. The van der Waals surface area contributed by atoms with Gasteiger partial charge in [0.1, 0.15) is 5.82 Å². The quantitative estimate of drug-likeness (QED) is 0.691. The molecule has 1 atom stereocenters. The maximum Gasteiger partial charge on any atom is 0.260 e. The van der Waals surface area contributed by atoms with Crippen molar-refractivity contribution in [2.45, 2.75) is 26.3 Å². The number of hydrogen-bond acceptors (Lipinski definition) is 4. The van der Waals surface area contributed by atoms with Crippen LogP contribution in [0.5, 0.6) is 0 Å². The van der Waals surface area contributed by atoms with E-state index in [0.717, 1.165) is 17.1 Å². The van der Waals surface area contributed by atoms with E-state index in [4.69, 9.17) is 0 Å². The molecule has 24 heavy (non-hydrogen) atoms. The molecule has 6 heteroatoms. The zero-order chi connectivity index (χ0) is 16.8. The highest BCUT2D eigenvalue weighted by molar-refractivity contribution is 6.08. The van der Waals surface area contributed by atoms with Gasteiger partial charge in [-0.3, -0.25) is 9.20 Å². The van der Waals surface area contributed by atoms with Gasteiger partial charge in [-0.25, -0.2) is 0 Å². The Balaban J connectivity index is 1.80. The third-order valence-electron chi connectivity index (χ3n) is 4.51. The molecule has 3 aromatic rings. The lowest BCUT2D eigenvalue weighted by molar-refractivity contribution is 0.0981. The van der Waals surface area contributed by atoms with Crippen LogP contribution in [0.4, 0.5) is 5.69 Å². The van der Waals surface area contributed by atoms with Crippen LogP contribution in [0.15, 0.2) is 36.5 Å². The SMILES string of the molecule is Cc1nnc2ccc(C(=O)N3c4cccc(C#N)c4CC3C)cn12. The van der Waals surface area contributed by atoms with Crippen LogP contribution >= 0.6 is 0 Å². The lowest BCUT2D eigenvalue weighted by Crippen LogP contribution is -2.35. The number of carbonyl (C=O) groups excluding carboxylic acids is 1. The van der Waals surface area contributed by atoms with E-state index in [0.29, 0.717) is 23.2 Å². The van der Waals surface area contributed by atoms with Gasteiger partial charge in [0.15, 0.2) is 5.65 Å². The largest absolute Gasteiger partial charge is 0.305 e. The number of aromatic nitrogens is 3. The van der Waals surface area contributed by atoms with Gasteiger partial charge in [-0.05, 0) is 50.1 Å². The number of pyridine rings is 1. The molecular formula is C18H15N5O. The third kappa shape index (κ3) is 1.98. The van der Waals surface area contributed by atoms with E-state index in [2.05, 4.69) is 16.3 Å². The van der Waals surface area contributed by atoms with Crippen molar-refractivity contribution in [3.05, 3.63) is 59.0 Å². The normalized spacial score (nSPS) is 16.2. The van der Waals surface area contributed by atoms with E-state index in [1.165, 1.54) is 0 Å². The Morgan fingerprint density at radius 2 is 2.12 bits per heavy atom. The summed E-state index contributed by atoms with van der Waals surface area (Å²) in [5.74, 6) is 0.660. The van der Waals surface area contributed by atoms with Crippen molar-refractivity contribution in [3.8, 4) is 6.07 Å². The van der Waals surface area contributed by atoms with E-state index in [1.54, 1.807) is 33.7 Å². The van der Waals surface area contributed by atoms with Crippen molar-refractivity contribution < 1.29 is 4.79 Å². The lowest BCUT2D eigenvalue weighted by atomic mass is 10.0. The molecule has 0 aliphatic carbocycles. The summed E-state index contributed by atoms with van der Waals surface area (Å²) in [5, 5.41) is 17.3. The summed E-state index contributed by atoms with van der Waals surface area (Å²) in [6, 6.07) is 11.3. The summed E-state index contributed by atoms with van der Waals surface area (Å²) < 4.78 is 1.81. The minimum atomic E-state index is -0.0775. The number of rotatable bonds is 1. The van der Waals surface area contributed by atoms with Crippen LogP contribution in [0, 0.1) is 18.3 Å².